The summed E-state index contributed by atoms with van der Waals surface area (Å²) in [5.74, 6) is 0.563. The molecule has 0 saturated carbocycles. The molecular weight excluding hydrogens is 504 g/mol. The maximum absolute atomic E-state index is 12.0. The Morgan fingerprint density at radius 1 is 1.10 bits per heavy atom. The van der Waals surface area contributed by atoms with Crippen LogP contribution in [0.25, 0.3) is 10.8 Å². The van der Waals surface area contributed by atoms with Crippen LogP contribution in [0.5, 0.6) is 17.2 Å². The molecule has 0 radical (unpaired) electrons. The van der Waals surface area contributed by atoms with Gasteiger partial charge in [0, 0.05) is 4.47 Å². The van der Waals surface area contributed by atoms with Gasteiger partial charge in [0.1, 0.15) is 5.75 Å². The third-order valence-electron chi connectivity index (χ3n) is 3.90. The number of phenolic OH excluding ortho intramolecular Hbond substituents is 1. The van der Waals surface area contributed by atoms with E-state index < -0.39 is 0 Å². The molecule has 29 heavy (non-hydrogen) atoms. The number of nitrogens with zero attached hydrogens (tertiary/aromatic N) is 1. The van der Waals surface area contributed by atoms with E-state index in [2.05, 4.69) is 42.4 Å². The van der Waals surface area contributed by atoms with E-state index >= 15 is 0 Å². The highest BCUT2D eigenvalue weighted by Crippen LogP contribution is 2.35. The first kappa shape index (κ1) is 21.1. The van der Waals surface area contributed by atoms with Gasteiger partial charge in [0.2, 0.25) is 0 Å². The highest BCUT2D eigenvalue weighted by Gasteiger charge is 2.08. The van der Waals surface area contributed by atoms with E-state index in [1.807, 2.05) is 43.3 Å². The second kappa shape index (κ2) is 9.76. The Bertz CT molecular complexity index is 1070. The van der Waals surface area contributed by atoms with Gasteiger partial charge in [-0.05, 0) is 75.6 Å². The number of rotatable bonds is 7. The topological polar surface area (TPSA) is 80.2 Å². The van der Waals surface area contributed by atoms with Gasteiger partial charge in [-0.25, -0.2) is 5.43 Å². The first-order valence-electron chi connectivity index (χ1n) is 8.75. The van der Waals surface area contributed by atoms with E-state index in [0.29, 0.717) is 28.1 Å². The van der Waals surface area contributed by atoms with Crippen LogP contribution in [0.4, 0.5) is 0 Å². The molecule has 0 saturated heterocycles. The second-order valence-corrected chi connectivity index (χ2v) is 7.79. The van der Waals surface area contributed by atoms with Crippen molar-refractivity contribution in [3.05, 3.63) is 63.0 Å². The highest BCUT2D eigenvalue weighted by atomic mass is 79.9. The Morgan fingerprint density at radius 3 is 2.66 bits per heavy atom. The molecule has 0 aliphatic heterocycles. The fourth-order valence-electron chi connectivity index (χ4n) is 2.58. The highest BCUT2D eigenvalue weighted by molar-refractivity contribution is 9.10. The zero-order chi connectivity index (χ0) is 20.8. The van der Waals surface area contributed by atoms with Gasteiger partial charge in [-0.2, -0.15) is 5.10 Å². The molecule has 3 aromatic carbocycles. The molecule has 1 amide bonds. The normalized spacial score (nSPS) is 11.0. The van der Waals surface area contributed by atoms with E-state index in [1.165, 1.54) is 6.21 Å². The van der Waals surface area contributed by atoms with Gasteiger partial charge < -0.3 is 14.6 Å². The lowest BCUT2D eigenvalue weighted by Crippen LogP contribution is -2.24. The Labute approximate surface area is 184 Å². The van der Waals surface area contributed by atoms with Crippen LogP contribution in [-0.4, -0.2) is 30.4 Å². The van der Waals surface area contributed by atoms with E-state index in [-0.39, 0.29) is 18.3 Å². The molecule has 0 aliphatic carbocycles. The summed E-state index contributed by atoms with van der Waals surface area (Å²) in [5, 5.41) is 15.9. The predicted octanol–water partition coefficient (Wildman–Crippen LogP) is 5.00. The van der Waals surface area contributed by atoms with Crippen molar-refractivity contribution in [1.29, 1.82) is 0 Å². The van der Waals surface area contributed by atoms with Gasteiger partial charge in [0.05, 0.1) is 17.3 Å². The molecule has 3 aromatic rings. The summed E-state index contributed by atoms with van der Waals surface area (Å²) >= 11 is 6.70. The first-order valence-corrected chi connectivity index (χ1v) is 10.3. The van der Waals surface area contributed by atoms with Gasteiger partial charge in [-0.3, -0.25) is 4.79 Å². The van der Waals surface area contributed by atoms with Gasteiger partial charge in [0.15, 0.2) is 18.1 Å². The number of nitrogens with one attached hydrogen (secondary N) is 1. The largest absolute Gasteiger partial charge is 0.503 e. The Kier molecular flexibility index (Phi) is 7.11. The maximum atomic E-state index is 12.0. The van der Waals surface area contributed by atoms with Crippen molar-refractivity contribution < 1.29 is 19.4 Å². The smallest absolute Gasteiger partial charge is 0.277 e. The number of aromatic hydroxyl groups is 1. The number of carbonyl (C=O) groups is 1. The molecular formula is C21H18Br2N2O4. The Hall–Kier alpha value is -2.58. The van der Waals surface area contributed by atoms with Crippen molar-refractivity contribution in [1.82, 2.24) is 5.43 Å². The van der Waals surface area contributed by atoms with Crippen LogP contribution in [0.3, 0.4) is 0 Å². The number of halogens is 2. The Morgan fingerprint density at radius 2 is 1.86 bits per heavy atom. The van der Waals surface area contributed by atoms with Gasteiger partial charge in [-0.1, -0.05) is 28.1 Å². The molecule has 150 valence electrons. The number of amides is 1. The second-order valence-electron chi connectivity index (χ2n) is 6.02. The van der Waals surface area contributed by atoms with E-state index in [0.717, 1.165) is 15.2 Å². The fraction of sp³-hybridized carbons (Fsp3) is 0.143. The summed E-state index contributed by atoms with van der Waals surface area (Å²) in [6.45, 7) is 2.08. The van der Waals surface area contributed by atoms with Crippen LogP contribution in [0.1, 0.15) is 12.5 Å². The SMILES string of the molecule is CCOc1cc(/C=N/NC(=O)COc2ccc3cc(Br)ccc3c2)cc(Br)c1O. The molecule has 0 bridgehead atoms. The van der Waals surface area contributed by atoms with Crippen molar-refractivity contribution in [3.63, 3.8) is 0 Å². The van der Waals surface area contributed by atoms with E-state index in [9.17, 15) is 9.90 Å². The maximum Gasteiger partial charge on any atom is 0.277 e. The van der Waals surface area contributed by atoms with Crippen molar-refractivity contribution in [2.45, 2.75) is 6.92 Å². The summed E-state index contributed by atoms with van der Waals surface area (Å²) in [6.07, 6.45) is 1.46. The van der Waals surface area contributed by atoms with Crippen molar-refractivity contribution >= 4 is 54.8 Å². The van der Waals surface area contributed by atoms with Crippen LogP contribution >= 0.6 is 31.9 Å². The summed E-state index contributed by atoms with van der Waals surface area (Å²) in [7, 11) is 0. The van der Waals surface area contributed by atoms with Crippen LogP contribution in [-0.2, 0) is 4.79 Å². The van der Waals surface area contributed by atoms with E-state index in [1.54, 1.807) is 12.1 Å². The molecule has 0 spiro atoms. The third-order valence-corrected chi connectivity index (χ3v) is 4.99. The molecule has 0 unspecified atom stereocenters. The number of carbonyl (C=O) groups excluding carboxylic acids is 1. The lowest BCUT2D eigenvalue weighted by atomic mass is 10.1. The third kappa shape index (κ3) is 5.71. The molecule has 0 aliphatic rings. The van der Waals surface area contributed by atoms with Gasteiger partial charge in [0.25, 0.3) is 5.91 Å². The van der Waals surface area contributed by atoms with Gasteiger partial charge in [-0.15, -0.1) is 0 Å². The minimum absolute atomic E-state index is 0.0178. The van der Waals surface area contributed by atoms with Crippen LogP contribution in [0.2, 0.25) is 0 Å². The minimum Gasteiger partial charge on any atom is -0.503 e. The predicted molar refractivity (Wildman–Crippen MR) is 120 cm³/mol. The zero-order valence-electron chi connectivity index (χ0n) is 15.5. The number of hydrogen-bond acceptors (Lipinski definition) is 5. The van der Waals surface area contributed by atoms with Crippen molar-refractivity contribution in [3.8, 4) is 17.2 Å². The summed E-state index contributed by atoms with van der Waals surface area (Å²) in [4.78, 5) is 12.0. The standard InChI is InChI=1S/C21H18Br2N2O4/c1-2-28-19-8-13(7-18(23)21(19)27)11-24-25-20(26)12-29-17-6-4-14-9-16(22)5-3-15(14)10-17/h3-11,27H,2,12H2,1H3,(H,25,26)/b24-11+. The minimum atomic E-state index is -0.389. The molecule has 0 atom stereocenters. The average molecular weight is 522 g/mol. The number of fused-ring (bicyclic) bond motifs is 1. The molecule has 2 N–H and O–H groups in total. The van der Waals surface area contributed by atoms with Crippen molar-refractivity contribution in [2.75, 3.05) is 13.2 Å². The van der Waals surface area contributed by atoms with Crippen LogP contribution in [0, 0.1) is 0 Å². The zero-order valence-corrected chi connectivity index (χ0v) is 18.7. The number of benzene rings is 3. The fourth-order valence-corrected chi connectivity index (χ4v) is 3.42. The molecule has 8 heteroatoms. The molecule has 6 nitrogen and oxygen atoms in total. The lowest BCUT2D eigenvalue weighted by Gasteiger charge is -2.08. The number of ether oxygens (including phenoxy) is 2. The van der Waals surface area contributed by atoms with Crippen LogP contribution < -0.4 is 14.9 Å². The van der Waals surface area contributed by atoms with Crippen LogP contribution in [0.15, 0.2) is 62.6 Å². The first-order chi connectivity index (χ1) is 14.0. The number of phenols is 1. The quantitative estimate of drug-likeness (QED) is 0.339. The number of hydrogen-bond donors (Lipinski definition) is 2. The molecule has 3 rings (SSSR count). The summed E-state index contributed by atoms with van der Waals surface area (Å²) in [5.41, 5.74) is 3.07. The van der Waals surface area contributed by atoms with E-state index in [4.69, 9.17) is 9.47 Å². The summed E-state index contributed by atoms with van der Waals surface area (Å²) in [6, 6.07) is 14.9. The lowest BCUT2D eigenvalue weighted by molar-refractivity contribution is -0.123. The average Bonchev–Trinajstić information content (AvgIpc) is 2.70. The number of hydrazone groups is 1. The Balaban J connectivity index is 1.57. The molecule has 0 heterocycles. The van der Waals surface area contributed by atoms with Gasteiger partial charge >= 0.3 is 0 Å². The molecule has 0 fully saturated rings. The molecule has 0 aromatic heterocycles. The monoisotopic (exact) mass is 520 g/mol. The van der Waals surface area contributed by atoms with Crippen molar-refractivity contribution in [2.24, 2.45) is 5.10 Å². The summed E-state index contributed by atoms with van der Waals surface area (Å²) < 4.78 is 12.4.